The van der Waals surface area contributed by atoms with E-state index < -0.39 is 10.0 Å². The Morgan fingerprint density at radius 1 is 1.09 bits per heavy atom. The van der Waals surface area contributed by atoms with Crippen molar-refractivity contribution in [1.82, 2.24) is 19.3 Å². The standard InChI is InChI=1S/C24H26N6O3S/c1-16-12-17-13-19(6-7-22(17)26-16)27-23-8-10-25-24(29-23)28-18-4-3-5-20(14-18)33-21-9-11-30(15-21)34(2,31)32/h3-8,10,12-14,21,26H,9,11,15H2,1-2H3,(H2,25,27,28,29)/t21-/m1/s1. The highest BCUT2D eigenvalue weighted by Gasteiger charge is 2.29. The van der Waals surface area contributed by atoms with E-state index in [4.69, 9.17) is 4.74 Å². The minimum Gasteiger partial charge on any atom is -0.489 e. The minimum absolute atomic E-state index is 0.171. The van der Waals surface area contributed by atoms with Crippen molar-refractivity contribution in [2.75, 3.05) is 30.0 Å². The van der Waals surface area contributed by atoms with Gasteiger partial charge in [-0.3, -0.25) is 0 Å². The highest BCUT2D eigenvalue weighted by molar-refractivity contribution is 7.88. The number of hydrogen-bond donors (Lipinski definition) is 3. The number of fused-ring (bicyclic) bond motifs is 1. The van der Waals surface area contributed by atoms with Crippen molar-refractivity contribution in [3.63, 3.8) is 0 Å². The average molecular weight is 479 g/mol. The maximum atomic E-state index is 11.7. The number of nitrogens with zero attached hydrogens (tertiary/aromatic N) is 3. The van der Waals surface area contributed by atoms with Crippen LogP contribution in [0.2, 0.25) is 0 Å². The monoisotopic (exact) mass is 478 g/mol. The molecule has 3 N–H and O–H groups in total. The quantitative estimate of drug-likeness (QED) is 0.365. The summed E-state index contributed by atoms with van der Waals surface area (Å²) in [7, 11) is -3.20. The zero-order valence-corrected chi connectivity index (χ0v) is 19.8. The highest BCUT2D eigenvalue weighted by atomic mass is 32.2. The van der Waals surface area contributed by atoms with Crippen molar-refractivity contribution < 1.29 is 13.2 Å². The predicted molar refractivity (Wildman–Crippen MR) is 134 cm³/mol. The fraction of sp³-hybridized carbons (Fsp3) is 0.250. The fourth-order valence-corrected chi connectivity index (χ4v) is 4.93. The Hall–Kier alpha value is -3.63. The van der Waals surface area contributed by atoms with Gasteiger partial charge in [0.05, 0.1) is 12.8 Å². The lowest BCUT2D eigenvalue weighted by atomic mass is 10.2. The van der Waals surface area contributed by atoms with Crippen LogP contribution in [0.5, 0.6) is 5.75 Å². The molecule has 1 aliphatic heterocycles. The summed E-state index contributed by atoms with van der Waals surface area (Å²) < 4.78 is 30.9. The van der Waals surface area contributed by atoms with Crippen LogP contribution < -0.4 is 15.4 Å². The molecular weight excluding hydrogens is 452 g/mol. The summed E-state index contributed by atoms with van der Waals surface area (Å²) in [5.74, 6) is 1.78. The maximum Gasteiger partial charge on any atom is 0.229 e. The molecule has 9 nitrogen and oxygen atoms in total. The Labute approximate surface area is 198 Å². The molecule has 3 heterocycles. The molecule has 0 radical (unpaired) electrons. The fourth-order valence-electron chi connectivity index (χ4n) is 4.06. The first-order valence-electron chi connectivity index (χ1n) is 11.0. The molecule has 1 fully saturated rings. The lowest BCUT2D eigenvalue weighted by molar-refractivity contribution is 0.216. The van der Waals surface area contributed by atoms with Crippen LogP contribution >= 0.6 is 0 Å². The maximum absolute atomic E-state index is 11.7. The molecule has 1 saturated heterocycles. The first kappa shape index (κ1) is 22.2. The topological polar surface area (TPSA) is 112 Å². The number of benzene rings is 2. The predicted octanol–water partition coefficient (Wildman–Crippen LogP) is 4.17. The summed E-state index contributed by atoms with van der Waals surface area (Å²) in [6.45, 7) is 2.88. The molecule has 34 heavy (non-hydrogen) atoms. The van der Waals surface area contributed by atoms with Gasteiger partial charge in [-0.25, -0.2) is 13.4 Å². The number of aromatic nitrogens is 3. The number of aryl methyl sites for hydroxylation is 1. The van der Waals surface area contributed by atoms with Crippen LogP contribution in [0.1, 0.15) is 12.1 Å². The molecule has 4 aromatic rings. The molecule has 1 aliphatic rings. The van der Waals surface area contributed by atoms with E-state index in [0.29, 0.717) is 37.0 Å². The van der Waals surface area contributed by atoms with Crippen molar-refractivity contribution >= 4 is 44.1 Å². The first-order valence-corrected chi connectivity index (χ1v) is 12.8. The van der Waals surface area contributed by atoms with Gasteiger partial charge in [0.2, 0.25) is 16.0 Å². The van der Waals surface area contributed by atoms with Crippen molar-refractivity contribution in [3.8, 4) is 5.75 Å². The average Bonchev–Trinajstić information content (AvgIpc) is 3.40. The van der Waals surface area contributed by atoms with Crippen LogP contribution in [0.15, 0.2) is 60.8 Å². The normalized spacial score (nSPS) is 16.6. The summed E-state index contributed by atoms with van der Waals surface area (Å²) in [5, 5.41) is 7.66. The summed E-state index contributed by atoms with van der Waals surface area (Å²) in [6, 6.07) is 17.5. The van der Waals surface area contributed by atoms with E-state index in [2.05, 4.69) is 37.7 Å². The van der Waals surface area contributed by atoms with E-state index >= 15 is 0 Å². The Morgan fingerprint density at radius 2 is 1.94 bits per heavy atom. The van der Waals surface area contributed by atoms with Gasteiger partial charge in [-0.05, 0) is 55.8 Å². The third-order valence-electron chi connectivity index (χ3n) is 5.65. The number of anilines is 4. The van der Waals surface area contributed by atoms with E-state index in [1.165, 1.54) is 10.6 Å². The van der Waals surface area contributed by atoms with Crippen LogP contribution in [-0.2, 0) is 10.0 Å². The number of rotatable bonds is 7. The molecule has 1 atom stereocenters. The van der Waals surface area contributed by atoms with Crippen molar-refractivity contribution in [2.45, 2.75) is 19.4 Å². The van der Waals surface area contributed by atoms with Gasteiger partial charge in [-0.15, -0.1) is 0 Å². The zero-order chi connectivity index (χ0) is 23.7. The number of sulfonamides is 1. The SMILES string of the molecule is Cc1cc2cc(Nc3ccnc(Nc4cccc(O[C@@H]5CCN(S(C)(=O)=O)C5)c4)n3)ccc2[nH]1. The second-order valence-electron chi connectivity index (χ2n) is 8.45. The van der Waals surface area contributed by atoms with Crippen molar-refractivity contribution in [1.29, 1.82) is 0 Å². The second kappa shape index (κ2) is 8.96. The van der Waals surface area contributed by atoms with Crippen LogP contribution in [0.4, 0.5) is 23.1 Å². The summed E-state index contributed by atoms with van der Waals surface area (Å²) in [6.07, 6.45) is 3.41. The molecule has 5 rings (SSSR count). The molecule has 2 aromatic carbocycles. The van der Waals surface area contributed by atoms with Gasteiger partial charge in [-0.1, -0.05) is 6.07 Å². The van der Waals surface area contributed by atoms with Gasteiger partial charge >= 0.3 is 0 Å². The zero-order valence-electron chi connectivity index (χ0n) is 18.9. The molecule has 176 valence electrons. The van der Waals surface area contributed by atoms with E-state index in [1.54, 1.807) is 6.20 Å². The molecule has 0 amide bonds. The van der Waals surface area contributed by atoms with Gasteiger partial charge in [0.15, 0.2) is 0 Å². The Balaban J connectivity index is 1.25. The van der Waals surface area contributed by atoms with Crippen LogP contribution in [-0.4, -0.2) is 53.1 Å². The third kappa shape index (κ3) is 5.13. The van der Waals surface area contributed by atoms with Crippen LogP contribution in [0, 0.1) is 6.92 Å². The van der Waals surface area contributed by atoms with Gasteiger partial charge < -0.3 is 20.4 Å². The molecule has 0 aliphatic carbocycles. The molecular formula is C24H26N6O3S. The largest absolute Gasteiger partial charge is 0.489 e. The lowest BCUT2D eigenvalue weighted by Gasteiger charge is -2.16. The lowest BCUT2D eigenvalue weighted by Crippen LogP contribution is -2.29. The molecule has 10 heteroatoms. The minimum atomic E-state index is -3.20. The number of hydrogen-bond acceptors (Lipinski definition) is 7. The van der Waals surface area contributed by atoms with Crippen molar-refractivity contribution in [2.24, 2.45) is 0 Å². The summed E-state index contributed by atoms with van der Waals surface area (Å²) in [5.41, 5.74) is 3.92. The Bertz CT molecular complexity index is 1440. The Kier molecular flexibility index (Phi) is 5.84. The smallest absolute Gasteiger partial charge is 0.229 e. The van der Waals surface area contributed by atoms with E-state index in [-0.39, 0.29) is 6.10 Å². The highest BCUT2D eigenvalue weighted by Crippen LogP contribution is 2.25. The summed E-state index contributed by atoms with van der Waals surface area (Å²) >= 11 is 0. The number of aromatic amines is 1. The summed E-state index contributed by atoms with van der Waals surface area (Å²) in [4.78, 5) is 12.2. The van der Waals surface area contributed by atoms with E-state index in [9.17, 15) is 8.42 Å². The molecule has 0 unspecified atom stereocenters. The number of ether oxygens (including phenoxy) is 1. The van der Waals surface area contributed by atoms with Gasteiger partial charge in [-0.2, -0.15) is 9.29 Å². The Morgan fingerprint density at radius 3 is 2.76 bits per heavy atom. The van der Waals surface area contributed by atoms with Gasteiger partial charge in [0.25, 0.3) is 0 Å². The van der Waals surface area contributed by atoms with E-state index in [1.807, 2.05) is 49.4 Å². The molecule has 0 bridgehead atoms. The van der Waals surface area contributed by atoms with E-state index in [0.717, 1.165) is 28.0 Å². The van der Waals surface area contributed by atoms with Gasteiger partial charge in [0, 0.05) is 46.8 Å². The number of H-pyrrole nitrogens is 1. The van der Waals surface area contributed by atoms with Gasteiger partial charge in [0.1, 0.15) is 17.7 Å². The first-order chi connectivity index (χ1) is 16.3. The van der Waals surface area contributed by atoms with Crippen molar-refractivity contribution in [3.05, 3.63) is 66.5 Å². The number of nitrogens with one attached hydrogen (secondary N) is 3. The molecule has 0 spiro atoms. The molecule has 2 aromatic heterocycles. The molecule has 0 saturated carbocycles. The second-order valence-corrected chi connectivity index (χ2v) is 10.4. The third-order valence-corrected chi connectivity index (χ3v) is 6.92. The van der Waals surface area contributed by atoms with Crippen LogP contribution in [0.3, 0.4) is 0 Å². The van der Waals surface area contributed by atoms with Crippen LogP contribution in [0.25, 0.3) is 10.9 Å².